The summed E-state index contributed by atoms with van der Waals surface area (Å²) in [5.74, 6) is 1.46. The zero-order valence-electron chi connectivity index (χ0n) is 11.2. The Morgan fingerprint density at radius 1 is 1.40 bits per heavy atom. The molecule has 0 aliphatic heterocycles. The minimum absolute atomic E-state index is 0.618. The third kappa shape index (κ3) is 4.83. The van der Waals surface area contributed by atoms with E-state index in [1.807, 2.05) is 36.6 Å². The van der Waals surface area contributed by atoms with Gasteiger partial charge in [0.2, 0.25) is 5.13 Å². The minimum Gasteiger partial charge on any atom is -0.494 e. The largest absolute Gasteiger partial charge is 0.494 e. The number of anilines is 1. The first-order chi connectivity index (χ1) is 9.78. The number of nitrogens with one attached hydrogen (secondary N) is 1. The van der Waals surface area contributed by atoms with Gasteiger partial charge in [0.15, 0.2) is 0 Å². The zero-order valence-corrected chi connectivity index (χ0v) is 12.7. The third-order valence-corrected chi connectivity index (χ3v) is 3.55. The quantitative estimate of drug-likeness (QED) is 0.365. The predicted molar refractivity (Wildman–Crippen MR) is 85.3 cm³/mol. The van der Waals surface area contributed by atoms with Gasteiger partial charge in [-0.05, 0) is 43.2 Å². The lowest BCUT2D eigenvalue weighted by atomic mass is 10.2. The average molecular weight is 310 g/mol. The topological polar surface area (TPSA) is 46.5 Å². The van der Waals surface area contributed by atoms with Gasteiger partial charge in [-0.3, -0.25) is 5.43 Å². The van der Waals surface area contributed by atoms with Crippen molar-refractivity contribution >= 4 is 34.3 Å². The fraction of sp³-hybridized carbons (Fsp3) is 0.286. The summed E-state index contributed by atoms with van der Waals surface area (Å²) < 4.78 is 5.53. The van der Waals surface area contributed by atoms with Crippen LogP contribution in [0.2, 0.25) is 0 Å². The highest BCUT2D eigenvalue weighted by atomic mass is 35.5. The van der Waals surface area contributed by atoms with E-state index >= 15 is 0 Å². The number of alkyl halides is 1. The van der Waals surface area contributed by atoms with Gasteiger partial charge >= 0.3 is 0 Å². The van der Waals surface area contributed by atoms with Crippen molar-refractivity contribution in [2.75, 3.05) is 17.9 Å². The molecular weight excluding hydrogens is 294 g/mol. The van der Waals surface area contributed by atoms with Crippen molar-refractivity contribution in [2.24, 2.45) is 5.10 Å². The molecule has 106 valence electrons. The molecule has 0 radical (unpaired) electrons. The van der Waals surface area contributed by atoms with Gasteiger partial charge in [0.1, 0.15) is 5.75 Å². The lowest BCUT2D eigenvalue weighted by Gasteiger charge is -2.04. The van der Waals surface area contributed by atoms with E-state index in [2.05, 4.69) is 15.5 Å². The second-order valence-corrected chi connectivity index (χ2v) is 5.36. The summed E-state index contributed by atoms with van der Waals surface area (Å²) in [4.78, 5) is 4.26. The molecule has 0 atom stereocenters. The molecule has 0 aliphatic rings. The maximum Gasteiger partial charge on any atom is 0.203 e. The standard InChI is InChI=1S/C14H16ClN3OS/c1-11-10-20-14(17-11)18-16-9-12-3-5-13(6-4-12)19-8-2-7-15/h3-6,9-10H,2,7-8H2,1H3,(H,17,18). The molecule has 2 rings (SSSR count). The maximum atomic E-state index is 5.59. The van der Waals surface area contributed by atoms with Crippen molar-refractivity contribution in [3.8, 4) is 5.75 Å². The van der Waals surface area contributed by atoms with Crippen LogP contribution in [-0.2, 0) is 0 Å². The first kappa shape index (κ1) is 14.8. The van der Waals surface area contributed by atoms with Gasteiger partial charge in [0.25, 0.3) is 0 Å². The van der Waals surface area contributed by atoms with Crippen LogP contribution < -0.4 is 10.2 Å². The fourth-order valence-corrected chi connectivity index (χ4v) is 2.21. The van der Waals surface area contributed by atoms with Crippen LogP contribution in [0.5, 0.6) is 5.75 Å². The molecule has 6 heteroatoms. The van der Waals surface area contributed by atoms with E-state index in [1.165, 1.54) is 11.3 Å². The summed E-state index contributed by atoms with van der Waals surface area (Å²) in [6.07, 6.45) is 2.60. The smallest absolute Gasteiger partial charge is 0.203 e. The lowest BCUT2D eigenvalue weighted by molar-refractivity contribution is 0.318. The summed E-state index contributed by atoms with van der Waals surface area (Å²) in [6, 6.07) is 7.74. The molecule has 1 aromatic heterocycles. The molecule has 0 saturated heterocycles. The number of aromatic nitrogens is 1. The van der Waals surface area contributed by atoms with E-state index in [-0.39, 0.29) is 0 Å². The van der Waals surface area contributed by atoms with E-state index in [4.69, 9.17) is 16.3 Å². The molecule has 0 bridgehead atoms. The van der Waals surface area contributed by atoms with E-state index < -0.39 is 0 Å². The summed E-state index contributed by atoms with van der Waals surface area (Å²) >= 11 is 7.13. The molecule has 0 saturated carbocycles. The monoisotopic (exact) mass is 309 g/mol. The van der Waals surface area contributed by atoms with Crippen LogP contribution in [-0.4, -0.2) is 23.7 Å². The summed E-state index contributed by atoms with van der Waals surface area (Å²) in [7, 11) is 0. The van der Waals surface area contributed by atoms with E-state index in [1.54, 1.807) is 6.21 Å². The van der Waals surface area contributed by atoms with Gasteiger partial charge in [-0.25, -0.2) is 4.98 Å². The maximum absolute atomic E-state index is 5.59. The molecule has 0 amide bonds. The molecular formula is C14H16ClN3OS. The molecule has 0 aliphatic carbocycles. The Balaban J connectivity index is 1.83. The van der Waals surface area contributed by atoms with Crippen molar-refractivity contribution in [2.45, 2.75) is 13.3 Å². The first-order valence-electron chi connectivity index (χ1n) is 6.28. The summed E-state index contributed by atoms with van der Waals surface area (Å²) in [5.41, 5.74) is 4.89. The molecule has 0 fully saturated rings. The van der Waals surface area contributed by atoms with Gasteiger partial charge in [0, 0.05) is 11.3 Å². The summed E-state index contributed by atoms with van der Waals surface area (Å²) in [5, 5.41) is 6.91. The average Bonchev–Trinajstić information content (AvgIpc) is 2.87. The normalized spacial score (nSPS) is 10.9. The molecule has 0 spiro atoms. The van der Waals surface area contributed by atoms with Crippen LogP contribution in [0.4, 0.5) is 5.13 Å². The molecule has 1 aromatic carbocycles. The second-order valence-electron chi connectivity index (χ2n) is 4.12. The van der Waals surface area contributed by atoms with Gasteiger partial charge in [-0.1, -0.05) is 0 Å². The Bertz CT molecular complexity index is 554. The Hall–Kier alpha value is -1.59. The van der Waals surface area contributed by atoms with Gasteiger partial charge in [0.05, 0.1) is 18.5 Å². The minimum atomic E-state index is 0.618. The second kappa shape index (κ2) is 7.87. The van der Waals surface area contributed by atoms with E-state index in [0.29, 0.717) is 12.5 Å². The van der Waals surface area contributed by atoms with Crippen LogP contribution in [0.25, 0.3) is 0 Å². The van der Waals surface area contributed by atoms with Crippen LogP contribution in [0.15, 0.2) is 34.7 Å². The van der Waals surface area contributed by atoms with E-state index in [9.17, 15) is 0 Å². The van der Waals surface area contributed by atoms with Crippen molar-refractivity contribution in [3.05, 3.63) is 40.9 Å². The Morgan fingerprint density at radius 2 is 2.20 bits per heavy atom. The van der Waals surface area contributed by atoms with Gasteiger partial charge in [-0.2, -0.15) is 5.10 Å². The highest BCUT2D eigenvalue weighted by Crippen LogP contribution is 2.14. The van der Waals surface area contributed by atoms with Gasteiger partial charge < -0.3 is 4.74 Å². The highest BCUT2D eigenvalue weighted by Gasteiger charge is 1.96. The van der Waals surface area contributed by atoms with Crippen molar-refractivity contribution in [1.82, 2.24) is 4.98 Å². The number of hydrazone groups is 1. The molecule has 0 unspecified atom stereocenters. The summed E-state index contributed by atoms with van der Waals surface area (Å²) in [6.45, 7) is 2.59. The van der Waals surface area contributed by atoms with Crippen LogP contribution >= 0.6 is 22.9 Å². The SMILES string of the molecule is Cc1csc(NN=Cc2ccc(OCCCCl)cc2)n1. The molecule has 2 aromatic rings. The Kier molecular flexibility index (Phi) is 5.83. The first-order valence-corrected chi connectivity index (χ1v) is 7.69. The van der Waals surface area contributed by atoms with Crippen molar-refractivity contribution in [1.29, 1.82) is 0 Å². The third-order valence-electron chi connectivity index (χ3n) is 2.42. The van der Waals surface area contributed by atoms with E-state index in [0.717, 1.165) is 28.6 Å². The number of hydrogen-bond acceptors (Lipinski definition) is 5. The van der Waals surface area contributed by atoms with Gasteiger partial charge in [-0.15, -0.1) is 22.9 Å². The predicted octanol–water partition coefficient (Wildman–Crippen LogP) is 3.91. The number of aryl methyl sites for hydroxylation is 1. The van der Waals surface area contributed by atoms with Crippen molar-refractivity contribution < 1.29 is 4.74 Å². The fourth-order valence-electron chi connectivity index (χ4n) is 1.46. The molecule has 20 heavy (non-hydrogen) atoms. The zero-order chi connectivity index (χ0) is 14.2. The lowest BCUT2D eigenvalue weighted by Crippen LogP contribution is -1.97. The van der Waals surface area contributed by atoms with Crippen LogP contribution in [0, 0.1) is 6.92 Å². The number of benzene rings is 1. The number of ether oxygens (including phenoxy) is 1. The number of rotatable bonds is 7. The Labute approximate surface area is 127 Å². The van der Waals surface area contributed by atoms with Crippen molar-refractivity contribution in [3.63, 3.8) is 0 Å². The Morgan fingerprint density at radius 3 is 2.85 bits per heavy atom. The number of nitrogens with zero attached hydrogens (tertiary/aromatic N) is 2. The number of hydrogen-bond donors (Lipinski definition) is 1. The van der Waals surface area contributed by atoms with Crippen LogP contribution in [0.3, 0.4) is 0 Å². The number of thiazole rings is 1. The number of halogens is 1. The molecule has 4 nitrogen and oxygen atoms in total. The highest BCUT2D eigenvalue weighted by molar-refractivity contribution is 7.13. The molecule has 1 N–H and O–H groups in total. The van der Waals surface area contributed by atoms with Crippen LogP contribution in [0.1, 0.15) is 17.7 Å². The molecule has 1 heterocycles.